The summed E-state index contributed by atoms with van der Waals surface area (Å²) in [5.41, 5.74) is 0.780. The van der Waals surface area contributed by atoms with E-state index in [1.807, 2.05) is 0 Å². The molecule has 0 saturated heterocycles. The largest absolute Gasteiger partial charge is 0.501 e. The highest BCUT2D eigenvalue weighted by Gasteiger charge is 2.28. The van der Waals surface area contributed by atoms with Gasteiger partial charge in [-0.25, -0.2) is 9.24 Å². The molecule has 0 N–H and O–H groups in total. The maximum absolute atomic E-state index is 14.4. The summed E-state index contributed by atoms with van der Waals surface area (Å²) in [6.45, 7) is 7.34. The quantitative estimate of drug-likeness (QED) is 0.801. The van der Waals surface area contributed by atoms with E-state index >= 15 is 0 Å². The number of aromatic nitrogens is 2. The third-order valence-corrected chi connectivity index (χ3v) is 3.44. The van der Waals surface area contributed by atoms with Crippen molar-refractivity contribution in [1.82, 2.24) is 9.78 Å². The minimum Gasteiger partial charge on any atom is -0.501 e. The van der Waals surface area contributed by atoms with E-state index < -0.39 is 5.82 Å². The van der Waals surface area contributed by atoms with Gasteiger partial charge in [-0.3, -0.25) is 4.68 Å². The molecule has 0 aliphatic heterocycles. The summed E-state index contributed by atoms with van der Waals surface area (Å²) in [6, 6.07) is 3.02. The van der Waals surface area contributed by atoms with Crippen molar-refractivity contribution in [2.45, 2.75) is 18.9 Å². The molecule has 0 bridgehead atoms. The molecule has 0 radical (unpaired) electrons. The van der Waals surface area contributed by atoms with Gasteiger partial charge in [-0.15, -0.1) is 0 Å². The van der Waals surface area contributed by atoms with Gasteiger partial charge in [0.15, 0.2) is 0 Å². The van der Waals surface area contributed by atoms with Crippen LogP contribution in [0.15, 0.2) is 18.3 Å². The van der Waals surface area contributed by atoms with Crippen LogP contribution in [0.5, 0.6) is 5.75 Å². The van der Waals surface area contributed by atoms with E-state index in [9.17, 15) is 4.39 Å². The molecular formula is C14H11ClFN3O. The smallest absolute Gasteiger partial charge is 0.240 e. The Bertz CT molecular complexity index is 716. The first-order chi connectivity index (χ1) is 9.61. The fraction of sp³-hybridized carbons (Fsp3) is 0.286. The van der Waals surface area contributed by atoms with Crippen molar-refractivity contribution >= 4 is 17.3 Å². The number of hydrogen-bond acceptors (Lipinski definition) is 2. The Labute approximate surface area is 120 Å². The summed E-state index contributed by atoms with van der Waals surface area (Å²) >= 11 is 5.93. The lowest BCUT2D eigenvalue weighted by atomic mass is 10.1. The van der Waals surface area contributed by atoms with Crippen LogP contribution in [0.4, 0.5) is 10.1 Å². The molecule has 0 amide bonds. The van der Waals surface area contributed by atoms with Gasteiger partial charge >= 0.3 is 0 Å². The van der Waals surface area contributed by atoms with Gasteiger partial charge in [0, 0.05) is 18.8 Å². The van der Waals surface area contributed by atoms with Gasteiger partial charge in [0.25, 0.3) is 0 Å². The van der Waals surface area contributed by atoms with E-state index in [1.54, 1.807) is 19.3 Å². The lowest BCUT2D eigenvalue weighted by Crippen LogP contribution is -2.00. The topological polar surface area (TPSA) is 31.4 Å². The highest BCUT2D eigenvalue weighted by atomic mass is 35.5. The molecule has 0 atom stereocenters. The first kappa shape index (κ1) is 12.9. The standard InChI is InChI=1S/C14H11ClFN3O/c1-17-14-11(20-8-3-4-8)7-9(15)13(16)12(14)10-5-6-18-19(10)2/h5-8H,3-4H2,2H3. The first-order valence-electron chi connectivity index (χ1n) is 6.16. The summed E-state index contributed by atoms with van der Waals surface area (Å²) < 4.78 is 21.5. The first-order valence-corrected chi connectivity index (χ1v) is 6.54. The van der Waals surface area contributed by atoms with E-state index in [4.69, 9.17) is 22.9 Å². The summed E-state index contributed by atoms with van der Waals surface area (Å²) in [5, 5.41) is 3.95. The molecule has 4 nitrogen and oxygen atoms in total. The van der Waals surface area contributed by atoms with Crippen LogP contribution in [0.1, 0.15) is 12.8 Å². The maximum atomic E-state index is 14.4. The van der Waals surface area contributed by atoms with Crippen LogP contribution in [0.25, 0.3) is 16.1 Å². The zero-order valence-electron chi connectivity index (χ0n) is 10.7. The second-order valence-electron chi connectivity index (χ2n) is 4.66. The second kappa shape index (κ2) is 4.80. The molecule has 6 heteroatoms. The van der Waals surface area contributed by atoms with Crippen LogP contribution in [0, 0.1) is 12.4 Å². The Hall–Kier alpha value is -2.06. The van der Waals surface area contributed by atoms with E-state index in [0.717, 1.165) is 12.8 Å². The van der Waals surface area contributed by atoms with Gasteiger partial charge in [-0.05, 0) is 25.0 Å². The Kier molecular flexibility index (Phi) is 3.11. The summed E-state index contributed by atoms with van der Waals surface area (Å²) in [6.07, 6.45) is 3.56. The van der Waals surface area contributed by atoms with Gasteiger partial charge < -0.3 is 4.74 Å². The monoisotopic (exact) mass is 291 g/mol. The molecule has 3 rings (SSSR count). The van der Waals surface area contributed by atoms with Gasteiger partial charge in [0.05, 0.1) is 23.4 Å². The number of nitrogens with zero attached hydrogens (tertiary/aromatic N) is 3. The average molecular weight is 292 g/mol. The molecule has 1 aliphatic rings. The van der Waals surface area contributed by atoms with Gasteiger partial charge in [-0.2, -0.15) is 5.10 Å². The molecule has 102 valence electrons. The van der Waals surface area contributed by atoms with Gasteiger partial charge in [0.1, 0.15) is 11.6 Å². The highest BCUT2D eigenvalue weighted by Crippen LogP contribution is 2.45. The van der Waals surface area contributed by atoms with Crippen molar-refractivity contribution in [3.63, 3.8) is 0 Å². The molecule has 1 aliphatic carbocycles. The fourth-order valence-electron chi connectivity index (χ4n) is 2.01. The van der Waals surface area contributed by atoms with Gasteiger partial charge in [0.2, 0.25) is 5.69 Å². The van der Waals surface area contributed by atoms with E-state index in [2.05, 4.69) is 9.94 Å². The highest BCUT2D eigenvalue weighted by molar-refractivity contribution is 6.31. The fourth-order valence-corrected chi connectivity index (χ4v) is 2.21. The SMILES string of the molecule is [C-]#[N+]c1c(OC2CC2)cc(Cl)c(F)c1-c1ccnn1C. The van der Waals surface area contributed by atoms with E-state index in [-0.39, 0.29) is 22.4 Å². The number of aryl methyl sites for hydroxylation is 1. The third kappa shape index (κ3) is 2.12. The van der Waals surface area contributed by atoms with Crippen LogP contribution < -0.4 is 4.74 Å². The summed E-state index contributed by atoms with van der Waals surface area (Å²) in [4.78, 5) is 3.44. The maximum Gasteiger partial charge on any atom is 0.240 e. The predicted octanol–water partition coefficient (Wildman–Crippen LogP) is 3.97. The second-order valence-corrected chi connectivity index (χ2v) is 5.07. The average Bonchev–Trinajstić information content (AvgIpc) is 3.14. The molecule has 0 spiro atoms. The van der Waals surface area contributed by atoms with Crippen LogP contribution in [0.3, 0.4) is 0 Å². The van der Waals surface area contributed by atoms with Crippen molar-refractivity contribution in [1.29, 1.82) is 0 Å². The number of rotatable bonds is 3. The lowest BCUT2D eigenvalue weighted by molar-refractivity contribution is 0.305. The van der Waals surface area contributed by atoms with Crippen molar-refractivity contribution in [3.05, 3.63) is 40.6 Å². The minimum absolute atomic E-state index is 0.0516. The molecule has 1 aromatic heterocycles. The molecule has 0 unspecified atom stereocenters. The van der Waals surface area contributed by atoms with Crippen molar-refractivity contribution < 1.29 is 9.13 Å². The van der Waals surface area contributed by atoms with Gasteiger partial charge in [-0.1, -0.05) is 11.6 Å². The Morgan fingerprint density at radius 2 is 2.30 bits per heavy atom. The number of benzene rings is 1. The van der Waals surface area contributed by atoms with E-state index in [0.29, 0.717) is 11.4 Å². The number of ether oxygens (including phenoxy) is 1. The van der Waals surface area contributed by atoms with Crippen LogP contribution >= 0.6 is 11.6 Å². The van der Waals surface area contributed by atoms with Crippen LogP contribution in [-0.2, 0) is 7.05 Å². The van der Waals surface area contributed by atoms with Crippen molar-refractivity contribution in [2.75, 3.05) is 0 Å². The Morgan fingerprint density at radius 3 is 2.85 bits per heavy atom. The molecule has 1 heterocycles. The van der Waals surface area contributed by atoms with Crippen LogP contribution in [-0.4, -0.2) is 15.9 Å². The normalized spacial score (nSPS) is 14.1. The third-order valence-electron chi connectivity index (χ3n) is 3.16. The zero-order chi connectivity index (χ0) is 14.3. The molecule has 1 aromatic carbocycles. The lowest BCUT2D eigenvalue weighted by Gasteiger charge is -2.13. The molecular weight excluding hydrogens is 281 g/mol. The molecule has 20 heavy (non-hydrogen) atoms. The Morgan fingerprint density at radius 1 is 1.55 bits per heavy atom. The molecule has 1 saturated carbocycles. The number of hydrogen-bond donors (Lipinski definition) is 0. The van der Waals surface area contributed by atoms with Crippen molar-refractivity contribution in [3.8, 4) is 17.0 Å². The molecule has 2 aromatic rings. The van der Waals surface area contributed by atoms with E-state index in [1.165, 1.54) is 10.7 Å². The molecule has 1 fully saturated rings. The van der Waals surface area contributed by atoms with Crippen LogP contribution in [0.2, 0.25) is 5.02 Å². The predicted molar refractivity (Wildman–Crippen MR) is 73.5 cm³/mol. The minimum atomic E-state index is -0.621. The van der Waals surface area contributed by atoms with Crippen molar-refractivity contribution in [2.24, 2.45) is 7.05 Å². The summed E-state index contributed by atoms with van der Waals surface area (Å²) in [5.74, 6) is -0.283. The summed E-state index contributed by atoms with van der Waals surface area (Å²) in [7, 11) is 1.69. The zero-order valence-corrected chi connectivity index (χ0v) is 11.5. The Balaban J connectivity index is 2.23. The number of halogens is 2.